The summed E-state index contributed by atoms with van der Waals surface area (Å²) in [4.78, 5) is 5.49. The molecule has 4 heteroatoms. The summed E-state index contributed by atoms with van der Waals surface area (Å²) in [5.41, 5.74) is 1.49. The Hall–Kier alpha value is -1.81. The third kappa shape index (κ3) is 1.30. The van der Waals surface area contributed by atoms with Crippen LogP contribution in [0.1, 0.15) is 0 Å². The number of aromatic hydroxyl groups is 1. The molecule has 0 spiro atoms. The van der Waals surface area contributed by atoms with E-state index in [1.807, 2.05) is 34.3 Å². The monoisotopic (exact) mass is 216 g/mol. The minimum absolute atomic E-state index is 0.209. The van der Waals surface area contributed by atoms with Crippen molar-refractivity contribution in [2.24, 2.45) is 0 Å². The van der Waals surface area contributed by atoms with Gasteiger partial charge in [0.15, 0.2) is 11.4 Å². The molecule has 0 saturated carbocycles. The topological polar surface area (TPSA) is 37.5 Å². The van der Waals surface area contributed by atoms with Gasteiger partial charge in [-0.25, -0.2) is 4.98 Å². The fraction of sp³-hybridized carbons (Fsp3) is 0. The number of nitrogens with zero attached hydrogens (tertiary/aromatic N) is 2. The average Bonchev–Trinajstić information content (AvgIpc) is 2.86. The largest absolute Gasteiger partial charge is 0.504 e. The second-order valence-electron chi connectivity index (χ2n) is 3.23. The number of thiophene rings is 1. The van der Waals surface area contributed by atoms with Gasteiger partial charge >= 0.3 is 0 Å². The minimum Gasteiger partial charge on any atom is -0.504 e. The maximum absolute atomic E-state index is 9.60. The molecule has 3 rings (SSSR count). The molecule has 15 heavy (non-hydrogen) atoms. The number of hydrogen-bond donors (Lipinski definition) is 1. The number of pyridine rings is 1. The first-order chi connectivity index (χ1) is 7.34. The number of hydrogen-bond acceptors (Lipinski definition) is 3. The van der Waals surface area contributed by atoms with Gasteiger partial charge < -0.3 is 9.51 Å². The van der Waals surface area contributed by atoms with Crippen LogP contribution in [-0.2, 0) is 0 Å². The van der Waals surface area contributed by atoms with Gasteiger partial charge in [-0.3, -0.25) is 0 Å². The second-order valence-corrected chi connectivity index (χ2v) is 4.18. The van der Waals surface area contributed by atoms with E-state index in [1.54, 1.807) is 23.5 Å². The summed E-state index contributed by atoms with van der Waals surface area (Å²) < 4.78 is 1.82. The van der Waals surface area contributed by atoms with E-state index in [1.165, 1.54) is 0 Å². The van der Waals surface area contributed by atoms with Crippen LogP contribution in [0, 0.1) is 0 Å². The van der Waals surface area contributed by atoms with E-state index in [-0.39, 0.29) is 5.75 Å². The van der Waals surface area contributed by atoms with Gasteiger partial charge in [-0.2, -0.15) is 0 Å². The Morgan fingerprint density at radius 2 is 2.20 bits per heavy atom. The predicted molar refractivity (Wildman–Crippen MR) is 60.2 cm³/mol. The van der Waals surface area contributed by atoms with Crippen molar-refractivity contribution >= 4 is 17.0 Å². The van der Waals surface area contributed by atoms with Crippen LogP contribution < -0.4 is 0 Å². The maximum atomic E-state index is 9.60. The number of fused-ring (bicyclic) bond motifs is 1. The van der Waals surface area contributed by atoms with Gasteiger partial charge in [-0.1, -0.05) is 6.07 Å². The van der Waals surface area contributed by atoms with E-state index in [9.17, 15) is 5.11 Å². The van der Waals surface area contributed by atoms with Gasteiger partial charge in [-0.05, 0) is 23.6 Å². The molecule has 74 valence electrons. The quantitative estimate of drug-likeness (QED) is 0.679. The van der Waals surface area contributed by atoms with E-state index in [0.29, 0.717) is 5.65 Å². The fourth-order valence-electron chi connectivity index (χ4n) is 1.54. The highest BCUT2D eigenvalue weighted by Gasteiger charge is 2.07. The SMILES string of the molecule is Oc1cccn2cc(-c3cccs3)nc12. The van der Waals surface area contributed by atoms with E-state index in [4.69, 9.17) is 0 Å². The highest BCUT2D eigenvalue weighted by molar-refractivity contribution is 7.13. The molecule has 0 unspecified atom stereocenters. The standard InChI is InChI=1S/C11H8N2OS/c14-9-3-1-5-13-7-8(12-11(9)13)10-4-2-6-15-10/h1-7,14H. The highest BCUT2D eigenvalue weighted by atomic mass is 32.1. The zero-order valence-corrected chi connectivity index (χ0v) is 8.61. The highest BCUT2D eigenvalue weighted by Crippen LogP contribution is 2.26. The van der Waals surface area contributed by atoms with Crippen molar-refractivity contribution in [3.05, 3.63) is 42.0 Å². The Bertz CT molecular complexity index is 598. The lowest BCUT2D eigenvalue weighted by atomic mass is 10.4. The lowest BCUT2D eigenvalue weighted by molar-refractivity contribution is 0.477. The molecule has 3 aromatic rings. The second kappa shape index (κ2) is 3.10. The normalized spacial score (nSPS) is 10.9. The maximum Gasteiger partial charge on any atom is 0.180 e. The molecular formula is C11H8N2OS. The van der Waals surface area contributed by atoms with Crippen LogP contribution in [0.25, 0.3) is 16.2 Å². The molecule has 0 aliphatic heterocycles. The zero-order chi connectivity index (χ0) is 10.3. The third-order valence-electron chi connectivity index (χ3n) is 2.24. The minimum atomic E-state index is 0.209. The molecule has 0 amide bonds. The van der Waals surface area contributed by atoms with Crippen LogP contribution >= 0.6 is 11.3 Å². The van der Waals surface area contributed by atoms with Gasteiger partial charge in [0.2, 0.25) is 0 Å². The molecule has 0 aliphatic carbocycles. The molecule has 0 atom stereocenters. The van der Waals surface area contributed by atoms with Gasteiger partial charge in [-0.15, -0.1) is 11.3 Å². The molecule has 0 radical (unpaired) electrons. The lowest BCUT2D eigenvalue weighted by Gasteiger charge is -1.92. The third-order valence-corrected chi connectivity index (χ3v) is 3.13. The first-order valence-corrected chi connectivity index (χ1v) is 5.43. The van der Waals surface area contributed by atoms with Crippen molar-refractivity contribution in [1.29, 1.82) is 0 Å². The predicted octanol–water partition coefficient (Wildman–Crippen LogP) is 2.77. The van der Waals surface area contributed by atoms with Crippen LogP contribution in [0.2, 0.25) is 0 Å². The van der Waals surface area contributed by atoms with Crippen molar-refractivity contribution in [1.82, 2.24) is 9.38 Å². The van der Waals surface area contributed by atoms with Crippen LogP contribution in [0.15, 0.2) is 42.0 Å². The summed E-state index contributed by atoms with van der Waals surface area (Å²) in [5, 5.41) is 11.6. The number of aromatic nitrogens is 2. The van der Waals surface area contributed by atoms with Crippen LogP contribution in [0.4, 0.5) is 0 Å². The summed E-state index contributed by atoms with van der Waals surface area (Å²) in [5.74, 6) is 0.209. The zero-order valence-electron chi connectivity index (χ0n) is 7.79. The van der Waals surface area contributed by atoms with Gasteiger partial charge in [0.1, 0.15) is 0 Å². The average molecular weight is 216 g/mol. The fourth-order valence-corrected chi connectivity index (χ4v) is 2.22. The van der Waals surface area contributed by atoms with E-state index in [2.05, 4.69) is 4.98 Å². The molecule has 0 bridgehead atoms. The Morgan fingerprint density at radius 1 is 1.27 bits per heavy atom. The van der Waals surface area contributed by atoms with Crippen LogP contribution in [0.3, 0.4) is 0 Å². The molecular weight excluding hydrogens is 208 g/mol. The summed E-state index contributed by atoms with van der Waals surface area (Å²) in [7, 11) is 0. The molecule has 0 aliphatic rings. The smallest absolute Gasteiger partial charge is 0.180 e. The van der Waals surface area contributed by atoms with Crippen LogP contribution in [0.5, 0.6) is 5.75 Å². The first kappa shape index (κ1) is 8.49. The van der Waals surface area contributed by atoms with Gasteiger partial charge in [0, 0.05) is 12.4 Å². The Kier molecular flexibility index (Phi) is 1.76. The Balaban J connectivity index is 2.27. The Labute approximate surface area is 90.3 Å². The number of rotatable bonds is 1. The van der Waals surface area contributed by atoms with Gasteiger partial charge in [0.05, 0.1) is 10.6 Å². The molecule has 0 fully saturated rings. The summed E-state index contributed by atoms with van der Waals surface area (Å²) in [6, 6.07) is 7.44. The van der Waals surface area contributed by atoms with Crippen molar-refractivity contribution in [2.45, 2.75) is 0 Å². The van der Waals surface area contributed by atoms with Crippen molar-refractivity contribution in [2.75, 3.05) is 0 Å². The van der Waals surface area contributed by atoms with E-state index >= 15 is 0 Å². The van der Waals surface area contributed by atoms with Crippen molar-refractivity contribution in [3.8, 4) is 16.3 Å². The molecule has 0 saturated heterocycles. The molecule has 3 aromatic heterocycles. The molecule has 3 heterocycles. The molecule has 1 N–H and O–H groups in total. The van der Waals surface area contributed by atoms with E-state index in [0.717, 1.165) is 10.6 Å². The van der Waals surface area contributed by atoms with E-state index < -0.39 is 0 Å². The Morgan fingerprint density at radius 3 is 2.93 bits per heavy atom. The van der Waals surface area contributed by atoms with Gasteiger partial charge in [0.25, 0.3) is 0 Å². The summed E-state index contributed by atoms with van der Waals surface area (Å²) in [6.45, 7) is 0. The lowest BCUT2D eigenvalue weighted by Crippen LogP contribution is -1.80. The van der Waals surface area contributed by atoms with Crippen molar-refractivity contribution < 1.29 is 5.11 Å². The van der Waals surface area contributed by atoms with Crippen molar-refractivity contribution in [3.63, 3.8) is 0 Å². The first-order valence-electron chi connectivity index (χ1n) is 4.55. The summed E-state index contributed by atoms with van der Waals surface area (Å²) >= 11 is 1.64. The summed E-state index contributed by atoms with van der Waals surface area (Å²) in [6.07, 6.45) is 3.79. The molecule has 0 aromatic carbocycles. The molecule has 3 nitrogen and oxygen atoms in total. The van der Waals surface area contributed by atoms with Crippen LogP contribution in [-0.4, -0.2) is 14.5 Å². The number of imidazole rings is 1.